The largest absolute Gasteiger partial charge is 0.350 e. The van der Waals surface area contributed by atoms with Crippen molar-refractivity contribution in [3.05, 3.63) is 64.7 Å². The fraction of sp³-hybridized carbons (Fsp3) is 0.222. The van der Waals surface area contributed by atoms with Gasteiger partial charge in [0.15, 0.2) is 0 Å². The molecule has 2 aromatic carbocycles. The van der Waals surface area contributed by atoms with Gasteiger partial charge in [-0.1, -0.05) is 23.7 Å². The molecule has 0 radical (unpaired) electrons. The Balaban J connectivity index is 1.93. The van der Waals surface area contributed by atoms with Crippen LogP contribution in [0.5, 0.6) is 0 Å². The first-order chi connectivity index (χ1) is 10.9. The van der Waals surface area contributed by atoms with Crippen molar-refractivity contribution in [2.24, 2.45) is 0 Å². The van der Waals surface area contributed by atoms with Crippen molar-refractivity contribution in [3.8, 4) is 0 Å². The number of amides is 2. The topological polar surface area (TPSA) is 58.2 Å². The normalized spacial score (nSPS) is 10.4. The summed E-state index contributed by atoms with van der Waals surface area (Å²) in [5.41, 5.74) is 2.11. The van der Waals surface area contributed by atoms with Crippen LogP contribution in [0.4, 0.5) is 5.69 Å². The molecule has 0 unspecified atom stereocenters. The third-order valence-corrected chi connectivity index (χ3v) is 3.38. The average Bonchev–Trinajstić information content (AvgIpc) is 2.49. The monoisotopic (exact) mass is 330 g/mol. The molecule has 0 saturated heterocycles. The molecule has 0 saturated carbocycles. The number of nitrogens with one attached hydrogen (secondary N) is 2. The molecule has 2 rings (SSSR count). The Morgan fingerprint density at radius 1 is 1.00 bits per heavy atom. The molecule has 2 N–H and O–H groups in total. The van der Waals surface area contributed by atoms with E-state index in [1.165, 1.54) is 0 Å². The number of hydrogen-bond donors (Lipinski definition) is 2. The number of halogens is 1. The van der Waals surface area contributed by atoms with Crippen molar-refractivity contribution in [1.82, 2.24) is 5.32 Å². The number of hydrogen-bond acceptors (Lipinski definition) is 2. The van der Waals surface area contributed by atoms with Crippen molar-refractivity contribution in [2.75, 3.05) is 5.32 Å². The molecule has 4 nitrogen and oxygen atoms in total. The molecule has 0 aromatic heterocycles. The standard InChI is InChI=1S/C18H19ClN2O2/c1-12(2)20-18(23)14-5-9-16(10-6-14)21-17(22)11-13-3-7-15(19)8-4-13/h3-10,12H,11H2,1-2H3,(H,20,23)(H,21,22). The molecular weight excluding hydrogens is 312 g/mol. The minimum absolute atomic E-state index is 0.0845. The summed E-state index contributed by atoms with van der Waals surface area (Å²) in [6.45, 7) is 3.81. The minimum atomic E-state index is -0.126. The highest BCUT2D eigenvalue weighted by atomic mass is 35.5. The van der Waals surface area contributed by atoms with E-state index in [-0.39, 0.29) is 24.3 Å². The third-order valence-electron chi connectivity index (χ3n) is 3.13. The van der Waals surface area contributed by atoms with Crippen LogP contribution in [0.1, 0.15) is 29.8 Å². The number of benzene rings is 2. The lowest BCUT2D eigenvalue weighted by atomic mass is 10.1. The van der Waals surface area contributed by atoms with E-state index in [4.69, 9.17) is 11.6 Å². The van der Waals surface area contributed by atoms with E-state index in [0.29, 0.717) is 16.3 Å². The number of rotatable bonds is 5. The summed E-state index contributed by atoms with van der Waals surface area (Å²) >= 11 is 5.82. The zero-order valence-corrected chi connectivity index (χ0v) is 13.9. The molecule has 0 heterocycles. The summed E-state index contributed by atoms with van der Waals surface area (Å²) in [5.74, 6) is -0.245. The summed E-state index contributed by atoms with van der Waals surface area (Å²) in [6.07, 6.45) is 0.271. The molecule has 0 aliphatic rings. The van der Waals surface area contributed by atoms with Gasteiger partial charge in [0.25, 0.3) is 5.91 Å². The van der Waals surface area contributed by atoms with E-state index in [2.05, 4.69) is 10.6 Å². The fourth-order valence-corrected chi connectivity index (χ4v) is 2.17. The van der Waals surface area contributed by atoms with Gasteiger partial charge in [-0.3, -0.25) is 9.59 Å². The van der Waals surface area contributed by atoms with Crippen LogP contribution in [0, 0.1) is 0 Å². The van der Waals surface area contributed by atoms with Gasteiger partial charge in [0.1, 0.15) is 0 Å². The van der Waals surface area contributed by atoms with E-state index < -0.39 is 0 Å². The highest BCUT2D eigenvalue weighted by Gasteiger charge is 2.08. The van der Waals surface area contributed by atoms with Gasteiger partial charge in [-0.2, -0.15) is 0 Å². The van der Waals surface area contributed by atoms with Crippen molar-refractivity contribution >= 4 is 29.1 Å². The van der Waals surface area contributed by atoms with Crippen LogP contribution in [0.25, 0.3) is 0 Å². The van der Waals surface area contributed by atoms with Gasteiger partial charge in [0.2, 0.25) is 5.91 Å². The van der Waals surface area contributed by atoms with Crippen molar-refractivity contribution in [3.63, 3.8) is 0 Å². The smallest absolute Gasteiger partial charge is 0.251 e. The fourth-order valence-electron chi connectivity index (χ4n) is 2.04. The molecule has 120 valence electrons. The van der Waals surface area contributed by atoms with Crippen LogP contribution in [-0.4, -0.2) is 17.9 Å². The van der Waals surface area contributed by atoms with Gasteiger partial charge >= 0.3 is 0 Å². The van der Waals surface area contributed by atoms with Gasteiger partial charge in [-0.25, -0.2) is 0 Å². The van der Waals surface area contributed by atoms with Crippen molar-refractivity contribution < 1.29 is 9.59 Å². The van der Waals surface area contributed by atoms with E-state index in [0.717, 1.165) is 5.56 Å². The Bertz CT molecular complexity index is 679. The number of anilines is 1. The Labute approximate surface area is 140 Å². The van der Waals surface area contributed by atoms with Crippen LogP contribution >= 0.6 is 11.6 Å². The van der Waals surface area contributed by atoms with Crippen LogP contribution < -0.4 is 10.6 Å². The lowest BCUT2D eigenvalue weighted by Gasteiger charge is -2.09. The SMILES string of the molecule is CC(C)NC(=O)c1ccc(NC(=O)Cc2ccc(Cl)cc2)cc1. The second kappa shape index (κ2) is 7.79. The van der Waals surface area contributed by atoms with E-state index in [9.17, 15) is 9.59 Å². The molecule has 0 aliphatic carbocycles. The summed E-state index contributed by atoms with van der Waals surface area (Å²) in [7, 11) is 0. The van der Waals surface area contributed by atoms with Crippen LogP contribution in [0.3, 0.4) is 0 Å². The highest BCUT2D eigenvalue weighted by molar-refractivity contribution is 6.30. The molecule has 0 atom stereocenters. The Kier molecular flexibility index (Phi) is 5.77. The summed E-state index contributed by atoms with van der Waals surface area (Å²) < 4.78 is 0. The van der Waals surface area contributed by atoms with Gasteiger partial charge in [-0.15, -0.1) is 0 Å². The Morgan fingerprint density at radius 2 is 1.61 bits per heavy atom. The van der Waals surface area contributed by atoms with Gasteiger partial charge < -0.3 is 10.6 Å². The Hall–Kier alpha value is -2.33. The van der Waals surface area contributed by atoms with Gasteiger partial charge in [-0.05, 0) is 55.8 Å². The molecule has 0 aliphatic heterocycles. The average molecular weight is 331 g/mol. The summed E-state index contributed by atoms with van der Waals surface area (Å²) in [5, 5.41) is 6.27. The maximum Gasteiger partial charge on any atom is 0.251 e. The molecule has 0 fully saturated rings. The first kappa shape index (κ1) is 17.0. The predicted octanol–water partition coefficient (Wildman–Crippen LogP) is 3.66. The minimum Gasteiger partial charge on any atom is -0.350 e. The van der Waals surface area contributed by atoms with Crippen LogP contribution in [-0.2, 0) is 11.2 Å². The highest BCUT2D eigenvalue weighted by Crippen LogP contribution is 2.13. The van der Waals surface area contributed by atoms with E-state index in [1.807, 2.05) is 26.0 Å². The maximum atomic E-state index is 12.0. The zero-order chi connectivity index (χ0) is 16.8. The van der Waals surface area contributed by atoms with Gasteiger partial charge in [0, 0.05) is 22.3 Å². The number of carbonyl (C=O) groups is 2. The predicted molar refractivity (Wildman–Crippen MR) is 92.8 cm³/mol. The summed E-state index contributed by atoms with van der Waals surface area (Å²) in [4.78, 5) is 23.9. The van der Waals surface area contributed by atoms with Crippen LogP contribution in [0.2, 0.25) is 5.02 Å². The molecule has 5 heteroatoms. The second-order valence-corrected chi connectivity index (χ2v) is 5.99. The maximum absolute atomic E-state index is 12.0. The molecular formula is C18H19ClN2O2. The molecule has 0 bridgehead atoms. The molecule has 23 heavy (non-hydrogen) atoms. The first-order valence-electron chi connectivity index (χ1n) is 7.39. The molecule has 2 amide bonds. The Morgan fingerprint density at radius 3 is 2.17 bits per heavy atom. The zero-order valence-electron chi connectivity index (χ0n) is 13.1. The molecule has 0 spiro atoms. The molecule has 2 aromatic rings. The van der Waals surface area contributed by atoms with Crippen molar-refractivity contribution in [2.45, 2.75) is 26.3 Å². The number of carbonyl (C=O) groups excluding carboxylic acids is 2. The summed E-state index contributed by atoms with van der Waals surface area (Å²) in [6, 6.07) is 14.1. The van der Waals surface area contributed by atoms with E-state index >= 15 is 0 Å². The second-order valence-electron chi connectivity index (χ2n) is 5.56. The third kappa shape index (κ3) is 5.42. The first-order valence-corrected chi connectivity index (χ1v) is 7.77. The lowest BCUT2D eigenvalue weighted by molar-refractivity contribution is -0.115. The van der Waals surface area contributed by atoms with Gasteiger partial charge in [0.05, 0.1) is 6.42 Å². The van der Waals surface area contributed by atoms with Crippen LogP contribution in [0.15, 0.2) is 48.5 Å². The van der Waals surface area contributed by atoms with E-state index in [1.54, 1.807) is 36.4 Å². The lowest BCUT2D eigenvalue weighted by Crippen LogP contribution is -2.30. The van der Waals surface area contributed by atoms with Crippen molar-refractivity contribution in [1.29, 1.82) is 0 Å². The quantitative estimate of drug-likeness (QED) is 0.879.